The SMILES string of the molecule is CC(Oc1cc(F)ccc1[C@@H](C)N)C(=O)N(C)C. The van der Waals surface area contributed by atoms with Crippen LogP contribution in [0.1, 0.15) is 25.5 Å². The van der Waals surface area contributed by atoms with Gasteiger partial charge in [-0.1, -0.05) is 6.07 Å². The van der Waals surface area contributed by atoms with Crippen molar-refractivity contribution >= 4 is 5.91 Å². The Balaban J connectivity index is 2.96. The summed E-state index contributed by atoms with van der Waals surface area (Å²) in [6.45, 7) is 3.40. The summed E-state index contributed by atoms with van der Waals surface area (Å²) in [7, 11) is 3.28. The van der Waals surface area contributed by atoms with Gasteiger partial charge in [0.05, 0.1) is 0 Å². The van der Waals surface area contributed by atoms with Crippen LogP contribution in [0.5, 0.6) is 5.75 Å². The van der Waals surface area contributed by atoms with Gasteiger partial charge in [0.1, 0.15) is 11.6 Å². The molecule has 0 radical (unpaired) electrons. The lowest BCUT2D eigenvalue weighted by atomic mass is 10.1. The predicted octanol–water partition coefficient (Wildman–Crippen LogP) is 1.70. The Hall–Kier alpha value is -1.62. The largest absolute Gasteiger partial charge is 0.480 e. The van der Waals surface area contributed by atoms with Crippen molar-refractivity contribution in [3.05, 3.63) is 29.6 Å². The summed E-state index contributed by atoms with van der Waals surface area (Å²) in [6.07, 6.45) is -0.681. The van der Waals surface area contributed by atoms with E-state index in [-0.39, 0.29) is 11.9 Å². The number of hydrogen-bond donors (Lipinski definition) is 1. The summed E-state index contributed by atoms with van der Waals surface area (Å²) in [4.78, 5) is 13.1. The third kappa shape index (κ3) is 3.43. The smallest absolute Gasteiger partial charge is 0.262 e. The van der Waals surface area contributed by atoms with E-state index in [9.17, 15) is 9.18 Å². The molecule has 1 unspecified atom stereocenters. The van der Waals surface area contributed by atoms with Gasteiger partial charge >= 0.3 is 0 Å². The first kappa shape index (κ1) is 14.4. The zero-order valence-electron chi connectivity index (χ0n) is 11.1. The Bertz CT molecular complexity index is 433. The number of carbonyl (C=O) groups excluding carboxylic acids is 1. The molecule has 2 N–H and O–H groups in total. The average Bonchev–Trinajstić information content (AvgIpc) is 2.27. The van der Waals surface area contributed by atoms with Crippen LogP contribution in [-0.2, 0) is 4.79 Å². The number of halogens is 1. The molecule has 1 aromatic rings. The fraction of sp³-hybridized carbons (Fsp3) is 0.462. The molecule has 0 aromatic heterocycles. The Labute approximate surface area is 107 Å². The highest BCUT2D eigenvalue weighted by atomic mass is 19.1. The normalized spacial score (nSPS) is 13.9. The number of ether oxygens (including phenoxy) is 1. The number of hydrogen-bond acceptors (Lipinski definition) is 3. The predicted molar refractivity (Wildman–Crippen MR) is 67.8 cm³/mol. The number of likely N-dealkylation sites (N-methyl/N-ethyl adjacent to an activating group) is 1. The van der Waals surface area contributed by atoms with Gasteiger partial charge in [0.25, 0.3) is 5.91 Å². The zero-order valence-corrected chi connectivity index (χ0v) is 11.1. The summed E-state index contributed by atoms with van der Waals surface area (Å²) in [5, 5.41) is 0. The first-order valence-corrected chi connectivity index (χ1v) is 5.75. The third-order valence-electron chi connectivity index (χ3n) is 2.56. The van der Waals surface area contributed by atoms with Gasteiger partial charge in [0.2, 0.25) is 0 Å². The fourth-order valence-corrected chi connectivity index (χ4v) is 1.59. The van der Waals surface area contributed by atoms with Crippen molar-refractivity contribution in [1.82, 2.24) is 4.90 Å². The molecule has 0 bridgehead atoms. The van der Waals surface area contributed by atoms with Crippen molar-refractivity contribution < 1.29 is 13.9 Å². The van der Waals surface area contributed by atoms with E-state index in [2.05, 4.69) is 0 Å². The Morgan fingerprint density at radius 3 is 2.50 bits per heavy atom. The van der Waals surface area contributed by atoms with Gasteiger partial charge in [0, 0.05) is 31.8 Å². The minimum atomic E-state index is -0.681. The molecule has 2 atom stereocenters. The molecule has 18 heavy (non-hydrogen) atoms. The van der Waals surface area contributed by atoms with Crippen LogP contribution in [-0.4, -0.2) is 31.0 Å². The van der Waals surface area contributed by atoms with E-state index in [1.165, 1.54) is 17.0 Å². The number of carbonyl (C=O) groups is 1. The second-order valence-electron chi connectivity index (χ2n) is 4.46. The van der Waals surface area contributed by atoms with Gasteiger partial charge in [-0.05, 0) is 19.9 Å². The van der Waals surface area contributed by atoms with Crippen LogP contribution >= 0.6 is 0 Å². The fourth-order valence-electron chi connectivity index (χ4n) is 1.59. The number of benzene rings is 1. The van der Waals surface area contributed by atoms with Crippen molar-refractivity contribution in [2.75, 3.05) is 14.1 Å². The van der Waals surface area contributed by atoms with Gasteiger partial charge in [-0.3, -0.25) is 4.79 Å². The van der Waals surface area contributed by atoms with Crippen LogP contribution in [0, 0.1) is 5.82 Å². The summed E-state index contributed by atoms with van der Waals surface area (Å²) in [5.74, 6) is -0.290. The Morgan fingerprint density at radius 1 is 1.39 bits per heavy atom. The van der Waals surface area contributed by atoms with E-state index in [0.717, 1.165) is 0 Å². The zero-order chi connectivity index (χ0) is 13.9. The number of amides is 1. The molecule has 0 spiro atoms. The highest BCUT2D eigenvalue weighted by Gasteiger charge is 2.19. The maximum absolute atomic E-state index is 13.2. The van der Waals surface area contributed by atoms with Crippen molar-refractivity contribution in [1.29, 1.82) is 0 Å². The Kier molecular flexibility index (Phi) is 4.67. The van der Waals surface area contributed by atoms with E-state index < -0.39 is 11.9 Å². The maximum atomic E-state index is 13.2. The molecule has 1 rings (SSSR count). The molecule has 100 valence electrons. The minimum absolute atomic E-state index is 0.185. The van der Waals surface area contributed by atoms with Gasteiger partial charge < -0.3 is 15.4 Å². The summed E-state index contributed by atoms with van der Waals surface area (Å²) in [6, 6.07) is 3.85. The lowest BCUT2D eigenvalue weighted by Gasteiger charge is -2.21. The van der Waals surface area contributed by atoms with Crippen LogP contribution in [0.4, 0.5) is 4.39 Å². The molecule has 0 heterocycles. The van der Waals surface area contributed by atoms with Crippen LogP contribution in [0.2, 0.25) is 0 Å². The molecule has 0 saturated carbocycles. The highest BCUT2D eigenvalue weighted by Crippen LogP contribution is 2.26. The standard InChI is InChI=1S/C13H19FN2O2/c1-8(15)11-6-5-10(14)7-12(11)18-9(2)13(17)16(3)4/h5-9H,15H2,1-4H3/t8-,9?/m1/s1. The first-order valence-electron chi connectivity index (χ1n) is 5.75. The summed E-state index contributed by atoms with van der Waals surface area (Å²) in [5.41, 5.74) is 6.45. The van der Waals surface area contributed by atoms with E-state index in [4.69, 9.17) is 10.5 Å². The van der Waals surface area contributed by atoms with Crippen LogP contribution in [0.25, 0.3) is 0 Å². The molecule has 5 heteroatoms. The van der Waals surface area contributed by atoms with Gasteiger partial charge in [-0.15, -0.1) is 0 Å². The minimum Gasteiger partial charge on any atom is -0.480 e. The number of rotatable bonds is 4. The number of nitrogens with two attached hydrogens (primary N) is 1. The van der Waals surface area contributed by atoms with Crippen molar-refractivity contribution in [2.45, 2.75) is 26.0 Å². The van der Waals surface area contributed by atoms with Crippen molar-refractivity contribution in [3.63, 3.8) is 0 Å². The van der Waals surface area contributed by atoms with Gasteiger partial charge in [-0.25, -0.2) is 4.39 Å². The lowest BCUT2D eigenvalue weighted by molar-refractivity contribution is -0.135. The van der Waals surface area contributed by atoms with Crippen LogP contribution in [0.3, 0.4) is 0 Å². The molecule has 0 fully saturated rings. The summed E-state index contributed by atoms with van der Waals surface area (Å²) >= 11 is 0. The average molecular weight is 254 g/mol. The van der Waals surface area contributed by atoms with Crippen LogP contribution < -0.4 is 10.5 Å². The van der Waals surface area contributed by atoms with Crippen LogP contribution in [0.15, 0.2) is 18.2 Å². The number of nitrogens with zero attached hydrogens (tertiary/aromatic N) is 1. The summed E-state index contributed by atoms with van der Waals surface area (Å²) < 4.78 is 18.7. The van der Waals surface area contributed by atoms with E-state index in [1.54, 1.807) is 34.0 Å². The monoisotopic (exact) mass is 254 g/mol. The van der Waals surface area contributed by atoms with Gasteiger partial charge in [-0.2, -0.15) is 0 Å². The molecule has 1 aromatic carbocycles. The van der Waals surface area contributed by atoms with Crippen molar-refractivity contribution in [3.8, 4) is 5.75 Å². The quantitative estimate of drug-likeness (QED) is 0.889. The lowest BCUT2D eigenvalue weighted by Crippen LogP contribution is -2.35. The molecule has 0 aliphatic heterocycles. The highest BCUT2D eigenvalue weighted by molar-refractivity contribution is 5.80. The molecule has 1 amide bonds. The van der Waals surface area contributed by atoms with Gasteiger partial charge in [0.15, 0.2) is 6.10 Å². The van der Waals surface area contributed by atoms with E-state index in [0.29, 0.717) is 11.3 Å². The molecule has 0 aliphatic carbocycles. The Morgan fingerprint density at radius 2 is 2.00 bits per heavy atom. The molecular weight excluding hydrogens is 235 g/mol. The maximum Gasteiger partial charge on any atom is 0.262 e. The van der Waals surface area contributed by atoms with E-state index in [1.807, 2.05) is 0 Å². The second kappa shape index (κ2) is 5.82. The molecule has 0 aliphatic rings. The molecule has 4 nitrogen and oxygen atoms in total. The third-order valence-corrected chi connectivity index (χ3v) is 2.56. The topological polar surface area (TPSA) is 55.6 Å². The van der Waals surface area contributed by atoms with E-state index >= 15 is 0 Å². The molecule has 0 saturated heterocycles. The second-order valence-corrected chi connectivity index (χ2v) is 4.46. The van der Waals surface area contributed by atoms with Crippen molar-refractivity contribution in [2.24, 2.45) is 5.73 Å². The first-order chi connectivity index (χ1) is 8.32. The molecular formula is C13H19FN2O2.